The smallest absolute Gasteiger partial charge is 0.410 e. The van der Waals surface area contributed by atoms with E-state index in [9.17, 15) is 9.59 Å². The number of esters is 1. The Bertz CT molecular complexity index is 1420. The van der Waals surface area contributed by atoms with Crippen molar-refractivity contribution < 1.29 is 33.0 Å². The summed E-state index contributed by atoms with van der Waals surface area (Å²) in [4.78, 5) is 31.5. The highest BCUT2D eigenvalue weighted by Gasteiger charge is 2.44. The fraction of sp³-hybridized carbons (Fsp3) is 0.303. The van der Waals surface area contributed by atoms with E-state index in [2.05, 4.69) is 0 Å². The second kappa shape index (κ2) is 12.8. The molecule has 1 amide bonds. The first-order chi connectivity index (χ1) is 20.4. The lowest BCUT2D eigenvalue weighted by Gasteiger charge is -2.38. The predicted octanol–water partition coefficient (Wildman–Crippen LogP) is 6.26. The molecule has 0 saturated carbocycles. The van der Waals surface area contributed by atoms with Gasteiger partial charge in [-0.15, -0.1) is 0 Å². The van der Waals surface area contributed by atoms with Crippen LogP contribution in [0.2, 0.25) is 0 Å². The molecular formula is C33H34N2O7. The number of nitrogens with zero attached hydrogens (tertiary/aromatic N) is 2. The minimum Gasteiger partial charge on any atom is -0.497 e. The lowest BCUT2D eigenvalue weighted by Crippen LogP contribution is -2.47. The van der Waals surface area contributed by atoms with Crippen LogP contribution >= 0.6 is 0 Å². The highest BCUT2D eigenvalue weighted by molar-refractivity contribution is 5.77. The zero-order chi connectivity index (χ0) is 29.5. The van der Waals surface area contributed by atoms with Crippen LogP contribution < -0.4 is 9.47 Å². The van der Waals surface area contributed by atoms with Crippen LogP contribution in [0.4, 0.5) is 4.79 Å². The molecule has 42 heavy (non-hydrogen) atoms. The van der Waals surface area contributed by atoms with Gasteiger partial charge in [0.15, 0.2) is 5.76 Å². The number of likely N-dealkylation sites (tertiary alicyclic amines) is 1. The molecule has 9 heteroatoms. The zero-order valence-electron chi connectivity index (χ0n) is 24.0. The molecule has 9 nitrogen and oxygen atoms in total. The maximum absolute atomic E-state index is 12.9. The number of rotatable bonds is 9. The third-order valence-electron chi connectivity index (χ3n) is 7.53. The molecule has 0 aliphatic carbocycles. The van der Waals surface area contributed by atoms with E-state index in [-0.39, 0.29) is 19.3 Å². The third-order valence-corrected chi connectivity index (χ3v) is 7.53. The number of amides is 1. The monoisotopic (exact) mass is 570 g/mol. The van der Waals surface area contributed by atoms with E-state index < -0.39 is 11.4 Å². The Hall–Kier alpha value is -4.79. The number of carbonyl (C=O) groups is 2. The van der Waals surface area contributed by atoms with Crippen LogP contribution in [-0.2, 0) is 26.3 Å². The number of ether oxygens (including phenoxy) is 4. The van der Waals surface area contributed by atoms with Gasteiger partial charge < -0.3 is 28.3 Å². The van der Waals surface area contributed by atoms with Crippen LogP contribution in [0, 0.1) is 0 Å². The Morgan fingerprint density at radius 1 is 0.833 bits per heavy atom. The molecule has 1 aliphatic heterocycles. The summed E-state index contributed by atoms with van der Waals surface area (Å²) in [6.07, 6.45) is 0.571. The summed E-state index contributed by atoms with van der Waals surface area (Å²) in [6, 6.07) is 24.7. The number of piperidine rings is 1. The largest absolute Gasteiger partial charge is 0.497 e. The normalized spacial score (nSPS) is 14.2. The van der Waals surface area contributed by atoms with Gasteiger partial charge in [-0.3, -0.25) is 4.79 Å². The van der Waals surface area contributed by atoms with Crippen LogP contribution in [0.1, 0.15) is 31.2 Å². The van der Waals surface area contributed by atoms with E-state index in [0.717, 1.165) is 28.2 Å². The SMILES string of the molecule is COc1ccc(-c2nc(C3(COC(C)=O)CCN(C(=O)OCc4ccccc4)CC3)oc2-c2ccc(OC)cc2)cc1. The summed E-state index contributed by atoms with van der Waals surface area (Å²) in [5, 5.41) is 0. The Balaban J connectivity index is 1.44. The molecule has 1 aromatic heterocycles. The first-order valence-corrected chi connectivity index (χ1v) is 13.8. The number of hydrogen-bond acceptors (Lipinski definition) is 8. The van der Waals surface area contributed by atoms with Crippen molar-refractivity contribution >= 4 is 12.1 Å². The number of oxazole rings is 1. The second-order valence-electron chi connectivity index (χ2n) is 10.2. The lowest BCUT2D eigenvalue weighted by molar-refractivity contribution is -0.144. The molecule has 5 rings (SSSR count). The minimum absolute atomic E-state index is 0.0832. The van der Waals surface area contributed by atoms with Gasteiger partial charge in [-0.05, 0) is 66.9 Å². The maximum Gasteiger partial charge on any atom is 0.410 e. The second-order valence-corrected chi connectivity index (χ2v) is 10.2. The summed E-state index contributed by atoms with van der Waals surface area (Å²) in [5.74, 6) is 2.10. The van der Waals surface area contributed by atoms with Crippen molar-refractivity contribution in [1.82, 2.24) is 9.88 Å². The minimum atomic E-state index is -0.728. The molecule has 1 saturated heterocycles. The Morgan fingerprint density at radius 2 is 1.43 bits per heavy atom. The van der Waals surface area contributed by atoms with E-state index in [4.69, 9.17) is 28.3 Å². The molecule has 1 aliphatic rings. The van der Waals surface area contributed by atoms with Gasteiger partial charge in [0.25, 0.3) is 0 Å². The van der Waals surface area contributed by atoms with E-state index in [1.54, 1.807) is 19.1 Å². The zero-order valence-corrected chi connectivity index (χ0v) is 24.0. The van der Waals surface area contributed by atoms with E-state index in [1.165, 1.54) is 6.92 Å². The Kier molecular flexibility index (Phi) is 8.76. The summed E-state index contributed by atoms with van der Waals surface area (Å²) < 4.78 is 28.3. The summed E-state index contributed by atoms with van der Waals surface area (Å²) in [6.45, 7) is 2.45. The van der Waals surface area contributed by atoms with Gasteiger partial charge >= 0.3 is 12.1 Å². The molecule has 0 N–H and O–H groups in total. The fourth-order valence-electron chi connectivity index (χ4n) is 5.02. The van der Waals surface area contributed by atoms with Crippen LogP contribution in [-0.4, -0.2) is 55.9 Å². The first kappa shape index (κ1) is 28.7. The van der Waals surface area contributed by atoms with Gasteiger partial charge in [-0.25, -0.2) is 9.78 Å². The number of carbonyl (C=O) groups excluding carboxylic acids is 2. The topological polar surface area (TPSA) is 100 Å². The van der Waals surface area contributed by atoms with Gasteiger partial charge in [0.2, 0.25) is 5.89 Å². The van der Waals surface area contributed by atoms with Gasteiger partial charge in [0, 0.05) is 31.1 Å². The first-order valence-electron chi connectivity index (χ1n) is 13.8. The molecule has 3 aromatic carbocycles. The maximum atomic E-state index is 12.9. The predicted molar refractivity (Wildman–Crippen MR) is 156 cm³/mol. The van der Waals surface area contributed by atoms with Crippen molar-refractivity contribution in [1.29, 1.82) is 0 Å². The third kappa shape index (κ3) is 6.40. The molecule has 4 aromatic rings. The molecule has 0 atom stereocenters. The highest BCUT2D eigenvalue weighted by Crippen LogP contribution is 2.42. The molecular weight excluding hydrogens is 536 g/mol. The Morgan fingerprint density at radius 3 is 2.00 bits per heavy atom. The fourth-order valence-corrected chi connectivity index (χ4v) is 5.02. The summed E-state index contributed by atoms with van der Waals surface area (Å²) >= 11 is 0. The van der Waals surface area contributed by atoms with Crippen molar-refractivity contribution in [2.24, 2.45) is 0 Å². The standard InChI is InChI=1S/C33H34N2O7/c1-23(36)41-22-33(17-19-35(20-18-33)32(37)40-21-24-7-5-4-6-8-24)31-34-29(25-9-13-27(38-2)14-10-25)30(42-31)26-11-15-28(39-3)16-12-26/h4-16H,17-22H2,1-3H3. The van der Waals surface area contributed by atoms with Crippen molar-refractivity contribution in [2.75, 3.05) is 33.9 Å². The molecule has 0 unspecified atom stereocenters. The average molecular weight is 571 g/mol. The van der Waals surface area contributed by atoms with Gasteiger partial charge in [-0.1, -0.05) is 30.3 Å². The van der Waals surface area contributed by atoms with E-state index in [0.29, 0.717) is 43.3 Å². The van der Waals surface area contributed by atoms with Crippen molar-refractivity contribution in [3.05, 3.63) is 90.3 Å². The van der Waals surface area contributed by atoms with Crippen molar-refractivity contribution in [3.63, 3.8) is 0 Å². The van der Waals surface area contributed by atoms with Crippen LogP contribution in [0.15, 0.2) is 83.3 Å². The van der Waals surface area contributed by atoms with Gasteiger partial charge in [0.1, 0.15) is 30.4 Å². The van der Waals surface area contributed by atoms with Crippen LogP contribution in [0.3, 0.4) is 0 Å². The molecule has 2 heterocycles. The molecule has 218 valence electrons. The van der Waals surface area contributed by atoms with E-state index in [1.807, 2.05) is 78.9 Å². The number of methoxy groups -OCH3 is 2. The summed E-state index contributed by atoms with van der Waals surface area (Å²) in [5.41, 5.74) is 2.52. The number of benzene rings is 3. The van der Waals surface area contributed by atoms with E-state index >= 15 is 0 Å². The van der Waals surface area contributed by atoms with Crippen molar-refractivity contribution in [2.45, 2.75) is 31.8 Å². The van der Waals surface area contributed by atoms with Crippen LogP contribution in [0.25, 0.3) is 22.6 Å². The Labute approximate surface area is 245 Å². The number of hydrogen-bond donors (Lipinski definition) is 0. The highest BCUT2D eigenvalue weighted by atomic mass is 16.6. The van der Waals surface area contributed by atoms with Gasteiger partial charge in [-0.2, -0.15) is 0 Å². The molecule has 0 spiro atoms. The quantitative estimate of drug-likeness (QED) is 0.218. The number of aromatic nitrogens is 1. The lowest BCUT2D eigenvalue weighted by atomic mass is 9.79. The van der Waals surface area contributed by atoms with Gasteiger partial charge in [0.05, 0.1) is 19.6 Å². The molecule has 0 bridgehead atoms. The molecule has 0 radical (unpaired) electrons. The summed E-state index contributed by atoms with van der Waals surface area (Å²) in [7, 11) is 3.24. The van der Waals surface area contributed by atoms with Crippen LogP contribution in [0.5, 0.6) is 11.5 Å². The average Bonchev–Trinajstić information content (AvgIpc) is 3.50. The molecule has 1 fully saturated rings. The van der Waals surface area contributed by atoms with Crippen molar-refractivity contribution in [3.8, 4) is 34.1 Å².